The summed E-state index contributed by atoms with van der Waals surface area (Å²) in [5.74, 6) is 0.507. The van der Waals surface area contributed by atoms with Crippen LogP contribution in [0.3, 0.4) is 0 Å². The molecule has 0 aliphatic heterocycles. The van der Waals surface area contributed by atoms with Crippen LogP contribution in [0.4, 0.5) is 0 Å². The number of H-pyrrole nitrogens is 1. The van der Waals surface area contributed by atoms with Crippen LogP contribution >= 0.6 is 0 Å². The Balaban J connectivity index is 1.70. The number of rotatable bonds is 10. The van der Waals surface area contributed by atoms with Gasteiger partial charge in [-0.1, -0.05) is 0 Å². The first-order valence-corrected chi connectivity index (χ1v) is 11.0. The summed E-state index contributed by atoms with van der Waals surface area (Å²) in [6.45, 7) is 3.28. The smallest absolute Gasteiger partial charge is 0.322 e. The molecule has 0 aliphatic rings. The zero-order valence-corrected chi connectivity index (χ0v) is 18.6. The van der Waals surface area contributed by atoms with Gasteiger partial charge in [0.25, 0.3) is 5.09 Å². The van der Waals surface area contributed by atoms with E-state index in [1.807, 2.05) is 0 Å². The van der Waals surface area contributed by atoms with E-state index in [2.05, 4.69) is 19.8 Å². The Labute approximate surface area is 186 Å². The lowest BCUT2D eigenvalue weighted by Crippen LogP contribution is -2.14. The Morgan fingerprint density at radius 1 is 1.31 bits per heavy atom. The first-order valence-electron chi connectivity index (χ1n) is 9.63. The quantitative estimate of drug-likeness (QED) is 0.157. The number of hydrogen-bond acceptors (Lipinski definition) is 9. The van der Waals surface area contributed by atoms with Crippen LogP contribution in [0.5, 0.6) is 11.5 Å². The number of esters is 1. The van der Waals surface area contributed by atoms with Crippen molar-refractivity contribution < 1.29 is 28.7 Å². The number of aromatic nitrogens is 3. The highest BCUT2D eigenvalue weighted by Crippen LogP contribution is 2.28. The van der Waals surface area contributed by atoms with Gasteiger partial charge in [-0.05, 0) is 32.4 Å². The van der Waals surface area contributed by atoms with Gasteiger partial charge in [-0.15, -0.1) is 10.1 Å². The minimum Gasteiger partial charge on any atom is -0.609 e. The maximum atomic E-state index is 12.9. The molecule has 1 unspecified atom stereocenters. The molecule has 3 rings (SSSR count). The molecule has 11 nitrogen and oxygen atoms in total. The lowest BCUT2D eigenvalue weighted by molar-refractivity contribution is -0.757. The standard InChI is InChI=1S/C20H22N4O7S/c1-12-10-21-17(13(2)19(12)31-18(25)5-4-8-30-24(26)27)11-32(28)20-22-15-7-6-14(29-3)9-16(15)23-20/h6-7,9-10H,4-5,8,11H2,1-3H3,(H,22,23). The monoisotopic (exact) mass is 462 g/mol. The van der Waals surface area contributed by atoms with Gasteiger partial charge in [-0.25, -0.2) is 0 Å². The molecule has 1 N–H and O–H groups in total. The number of aryl methyl sites for hydroxylation is 1. The number of carbonyl (C=O) groups is 1. The third kappa shape index (κ3) is 5.65. The van der Waals surface area contributed by atoms with Crippen LogP contribution in [0, 0.1) is 24.0 Å². The van der Waals surface area contributed by atoms with Crippen molar-refractivity contribution in [3.05, 3.63) is 51.3 Å². The lowest BCUT2D eigenvalue weighted by Gasteiger charge is -2.14. The molecule has 0 spiro atoms. The van der Waals surface area contributed by atoms with Crippen LogP contribution in [0.1, 0.15) is 29.7 Å². The summed E-state index contributed by atoms with van der Waals surface area (Å²) in [6, 6.07) is 5.32. The zero-order valence-electron chi connectivity index (χ0n) is 17.7. The first kappa shape index (κ1) is 23.3. The molecule has 170 valence electrons. The first-order chi connectivity index (χ1) is 15.3. The molecule has 1 atom stereocenters. The third-order valence-corrected chi connectivity index (χ3v) is 5.80. The molecule has 0 amide bonds. The maximum absolute atomic E-state index is 12.9. The summed E-state index contributed by atoms with van der Waals surface area (Å²) in [4.78, 5) is 38.2. The van der Waals surface area contributed by atoms with Crippen LogP contribution in [0.25, 0.3) is 11.0 Å². The number of imidazole rings is 1. The SMILES string of the molecule is COc1ccc2[nH]c([S+]([O-])Cc3ncc(C)c(OC(=O)CCCO[N+](=O)[O-])c3C)nc2c1. The fraction of sp³-hybridized carbons (Fsp3) is 0.350. The van der Waals surface area contributed by atoms with Gasteiger partial charge in [0.15, 0.2) is 5.75 Å². The lowest BCUT2D eigenvalue weighted by atomic mass is 10.1. The fourth-order valence-corrected chi connectivity index (χ4v) is 4.07. The molecule has 12 heteroatoms. The number of hydrogen-bond donors (Lipinski definition) is 1. The molecule has 2 aromatic heterocycles. The highest BCUT2D eigenvalue weighted by atomic mass is 32.2. The third-order valence-electron chi connectivity index (χ3n) is 4.64. The molecule has 0 saturated carbocycles. The van der Waals surface area contributed by atoms with Crippen molar-refractivity contribution in [3.63, 3.8) is 0 Å². The Kier molecular flexibility index (Phi) is 7.49. The largest absolute Gasteiger partial charge is 0.609 e. The van der Waals surface area contributed by atoms with Gasteiger partial charge in [0, 0.05) is 41.0 Å². The fourth-order valence-electron chi connectivity index (χ4n) is 2.97. The molecule has 0 saturated heterocycles. The number of benzene rings is 1. The van der Waals surface area contributed by atoms with Crippen molar-refractivity contribution in [2.24, 2.45) is 0 Å². The second kappa shape index (κ2) is 10.3. The van der Waals surface area contributed by atoms with Crippen LogP contribution in [-0.4, -0.2) is 44.3 Å². The minimum absolute atomic E-state index is 0.0429. The van der Waals surface area contributed by atoms with E-state index in [1.54, 1.807) is 45.4 Å². The van der Waals surface area contributed by atoms with Crippen LogP contribution in [0.15, 0.2) is 29.6 Å². The molecule has 3 aromatic rings. The number of carbonyl (C=O) groups excluding carboxylic acids is 1. The predicted molar refractivity (Wildman–Crippen MR) is 114 cm³/mol. The summed E-state index contributed by atoms with van der Waals surface area (Å²) in [5.41, 5.74) is 3.11. The van der Waals surface area contributed by atoms with Gasteiger partial charge < -0.3 is 18.9 Å². The van der Waals surface area contributed by atoms with Gasteiger partial charge in [0.05, 0.1) is 30.4 Å². The topological polar surface area (TPSA) is 153 Å². The van der Waals surface area contributed by atoms with Gasteiger partial charge in [0.1, 0.15) is 11.5 Å². The summed E-state index contributed by atoms with van der Waals surface area (Å²) in [7, 11) is 1.56. The Bertz CT molecular complexity index is 1130. The maximum Gasteiger partial charge on any atom is 0.322 e. The molecule has 0 fully saturated rings. The number of nitrogens with one attached hydrogen (secondary N) is 1. The second-order valence-electron chi connectivity index (χ2n) is 6.89. The van der Waals surface area contributed by atoms with Crippen molar-refractivity contribution in [2.75, 3.05) is 13.7 Å². The Morgan fingerprint density at radius 2 is 2.09 bits per heavy atom. The van der Waals surface area contributed by atoms with E-state index in [0.29, 0.717) is 39.0 Å². The van der Waals surface area contributed by atoms with E-state index in [0.717, 1.165) is 5.52 Å². The molecule has 1 aromatic carbocycles. The second-order valence-corrected chi connectivity index (χ2v) is 8.26. The van der Waals surface area contributed by atoms with Gasteiger partial charge in [-0.3, -0.25) is 14.8 Å². The number of aromatic amines is 1. The number of nitrogens with zero attached hydrogens (tertiary/aromatic N) is 3. The van der Waals surface area contributed by atoms with Crippen LogP contribution in [0.2, 0.25) is 0 Å². The molecular weight excluding hydrogens is 440 g/mol. The molecule has 32 heavy (non-hydrogen) atoms. The Hall–Kier alpha value is -3.38. The van der Waals surface area contributed by atoms with Gasteiger partial charge in [0.2, 0.25) is 0 Å². The molecule has 2 heterocycles. The van der Waals surface area contributed by atoms with Crippen molar-refractivity contribution in [1.29, 1.82) is 0 Å². The zero-order chi connectivity index (χ0) is 23.3. The number of ether oxygens (including phenoxy) is 2. The summed E-state index contributed by atoms with van der Waals surface area (Å²) >= 11 is -1.51. The number of fused-ring (bicyclic) bond motifs is 1. The van der Waals surface area contributed by atoms with Crippen molar-refractivity contribution in [2.45, 2.75) is 37.6 Å². The van der Waals surface area contributed by atoms with E-state index in [-0.39, 0.29) is 25.2 Å². The van der Waals surface area contributed by atoms with E-state index in [4.69, 9.17) is 9.47 Å². The predicted octanol–water partition coefficient (Wildman–Crippen LogP) is 2.79. The molecule has 0 bridgehead atoms. The summed E-state index contributed by atoms with van der Waals surface area (Å²) in [5, 5.41) is 9.55. The summed E-state index contributed by atoms with van der Waals surface area (Å²) < 4.78 is 23.5. The highest BCUT2D eigenvalue weighted by molar-refractivity contribution is 7.90. The van der Waals surface area contributed by atoms with E-state index in [9.17, 15) is 19.5 Å². The average Bonchev–Trinajstić information content (AvgIpc) is 3.19. The van der Waals surface area contributed by atoms with Gasteiger partial charge in [-0.2, -0.15) is 4.98 Å². The van der Waals surface area contributed by atoms with Crippen molar-refractivity contribution >= 4 is 28.2 Å². The number of pyridine rings is 1. The van der Waals surface area contributed by atoms with E-state index in [1.165, 1.54) is 0 Å². The average molecular weight is 462 g/mol. The highest BCUT2D eigenvalue weighted by Gasteiger charge is 2.22. The van der Waals surface area contributed by atoms with Crippen LogP contribution in [-0.2, 0) is 26.6 Å². The summed E-state index contributed by atoms with van der Waals surface area (Å²) in [6.07, 6.45) is 1.65. The van der Waals surface area contributed by atoms with Gasteiger partial charge >= 0.3 is 11.1 Å². The van der Waals surface area contributed by atoms with Crippen molar-refractivity contribution in [3.8, 4) is 11.5 Å². The normalized spacial score (nSPS) is 11.9. The molecule has 0 aliphatic carbocycles. The number of methoxy groups -OCH3 is 1. The molecule has 0 radical (unpaired) electrons. The van der Waals surface area contributed by atoms with Crippen molar-refractivity contribution in [1.82, 2.24) is 15.0 Å². The van der Waals surface area contributed by atoms with E-state index < -0.39 is 22.2 Å². The van der Waals surface area contributed by atoms with Crippen LogP contribution < -0.4 is 9.47 Å². The van der Waals surface area contributed by atoms with E-state index >= 15 is 0 Å². The minimum atomic E-state index is -1.51. The molecular formula is C20H22N4O7S. The Morgan fingerprint density at radius 3 is 2.81 bits per heavy atom.